The Labute approximate surface area is 150 Å². The Kier molecular flexibility index (Phi) is 6.12. The molecule has 24 heavy (non-hydrogen) atoms. The standard InChI is InChI=1S/C18H16Cl2O4/c1-23-13-7-3-11(4-8-13)15(16(19)17(20)18(21)22)12-5-9-14(24-2)10-6-12/h3-10,15H,1-2H3,(H,21,22)/b17-16-. The molecule has 0 radical (unpaired) electrons. The van der Waals surface area contributed by atoms with Gasteiger partial charge in [-0.25, -0.2) is 4.79 Å². The van der Waals surface area contributed by atoms with Gasteiger partial charge in [-0.2, -0.15) is 0 Å². The summed E-state index contributed by atoms with van der Waals surface area (Å²) in [6, 6.07) is 14.4. The Balaban J connectivity index is 2.55. The lowest BCUT2D eigenvalue weighted by molar-refractivity contribution is -0.131. The van der Waals surface area contributed by atoms with E-state index < -0.39 is 16.9 Å². The number of carboxylic acids is 1. The summed E-state index contributed by atoms with van der Waals surface area (Å²) in [6.07, 6.45) is 0. The lowest BCUT2D eigenvalue weighted by Crippen LogP contribution is -2.06. The second-order valence-electron chi connectivity index (χ2n) is 4.95. The number of ether oxygens (including phenoxy) is 2. The number of rotatable bonds is 6. The number of hydrogen-bond acceptors (Lipinski definition) is 3. The molecule has 2 aromatic carbocycles. The Hall–Kier alpha value is -2.17. The number of benzene rings is 2. The van der Waals surface area contributed by atoms with E-state index in [2.05, 4.69) is 0 Å². The summed E-state index contributed by atoms with van der Waals surface area (Å²) in [5, 5.41) is 8.78. The molecule has 1 N–H and O–H groups in total. The molecule has 0 aromatic heterocycles. The van der Waals surface area contributed by atoms with Crippen molar-refractivity contribution in [3.8, 4) is 11.5 Å². The first kappa shape index (κ1) is 18.2. The van der Waals surface area contributed by atoms with Crippen LogP contribution < -0.4 is 9.47 Å². The fourth-order valence-corrected chi connectivity index (χ4v) is 2.75. The predicted molar refractivity (Wildman–Crippen MR) is 94.2 cm³/mol. The molecule has 6 heteroatoms. The van der Waals surface area contributed by atoms with Crippen molar-refractivity contribution >= 4 is 29.2 Å². The molecular weight excluding hydrogens is 351 g/mol. The lowest BCUT2D eigenvalue weighted by atomic mass is 9.90. The van der Waals surface area contributed by atoms with Crippen LogP contribution in [-0.2, 0) is 4.79 Å². The van der Waals surface area contributed by atoms with Crippen LogP contribution in [0.2, 0.25) is 0 Å². The monoisotopic (exact) mass is 366 g/mol. The molecule has 0 unspecified atom stereocenters. The van der Waals surface area contributed by atoms with Crippen LogP contribution in [0.4, 0.5) is 0 Å². The van der Waals surface area contributed by atoms with Crippen molar-refractivity contribution in [3.05, 3.63) is 69.7 Å². The number of methoxy groups -OCH3 is 2. The largest absolute Gasteiger partial charge is 0.497 e. The molecule has 0 aliphatic heterocycles. The maximum Gasteiger partial charge on any atom is 0.348 e. The van der Waals surface area contributed by atoms with E-state index in [0.29, 0.717) is 11.5 Å². The average Bonchev–Trinajstić information content (AvgIpc) is 2.62. The highest BCUT2D eigenvalue weighted by Gasteiger charge is 2.23. The van der Waals surface area contributed by atoms with Gasteiger partial charge in [0.05, 0.1) is 19.3 Å². The smallest absolute Gasteiger partial charge is 0.348 e. The summed E-state index contributed by atoms with van der Waals surface area (Å²) < 4.78 is 10.3. The molecule has 0 atom stereocenters. The molecule has 0 heterocycles. The first-order valence-electron chi connectivity index (χ1n) is 7.04. The predicted octanol–water partition coefficient (Wildman–Crippen LogP) is 4.61. The van der Waals surface area contributed by atoms with Gasteiger partial charge in [-0.3, -0.25) is 0 Å². The van der Waals surface area contributed by atoms with Crippen molar-refractivity contribution in [2.75, 3.05) is 14.2 Å². The SMILES string of the molecule is COc1ccc(C(/C(Cl)=C(/Cl)C(=O)O)c2ccc(OC)cc2)cc1. The van der Waals surface area contributed by atoms with E-state index in [4.69, 9.17) is 37.8 Å². The number of carbonyl (C=O) groups is 1. The maximum absolute atomic E-state index is 11.2. The molecule has 4 nitrogen and oxygen atoms in total. The summed E-state index contributed by atoms with van der Waals surface area (Å²) in [7, 11) is 3.15. The van der Waals surface area contributed by atoms with Crippen molar-refractivity contribution in [2.24, 2.45) is 0 Å². The van der Waals surface area contributed by atoms with E-state index in [1.165, 1.54) is 0 Å². The van der Waals surface area contributed by atoms with Crippen LogP contribution in [0.1, 0.15) is 17.0 Å². The van der Waals surface area contributed by atoms with Crippen LogP contribution in [0.25, 0.3) is 0 Å². The number of hydrogen-bond donors (Lipinski definition) is 1. The zero-order valence-corrected chi connectivity index (χ0v) is 14.6. The summed E-state index contributed by atoms with van der Waals surface area (Å²) >= 11 is 12.2. The second-order valence-corrected chi connectivity index (χ2v) is 5.73. The van der Waals surface area contributed by atoms with Gasteiger partial charge < -0.3 is 14.6 Å². The molecule has 0 spiro atoms. The summed E-state index contributed by atoms with van der Waals surface area (Å²) in [5.74, 6) is -0.394. The van der Waals surface area contributed by atoms with E-state index >= 15 is 0 Å². The van der Waals surface area contributed by atoms with Crippen LogP contribution in [0.5, 0.6) is 11.5 Å². The zero-order chi connectivity index (χ0) is 17.7. The molecule has 0 fully saturated rings. The second kappa shape index (κ2) is 8.08. The maximum atomic E-state index is 11.2. The van der Waals surface area contributed by atoms with Crippen LogP contribution in [0.15, 0.2) is 58.6 Å². The molecule has 0 amide bonds. The third-order valence-electron chi connectivity index (χ3n) is 3.55. The zero-order valence-electron chi connectivity index (χ0n) is 13.1. The average molecular weight is 367 g/mol. The molecule has 126 valence electrons. The third kappa shape index (κ3) is 4.02. The highest BCUT2D eigenvalue weighted by Crippen LogP contribution is 2.38. The van der Waals surface area contributed by atoms with Crippen LogP contribution in [0, 0.1) is 0 Å². The molecule has 2 rings (SSSR count). The molecule has 0 saturated carbocycles. The van der Waals surface area contributed by atoms with Gasteiger partial charge in [-0.15, -0.1) is 0 Å². The molecule has 0 aliphatic rings. The van der Waals surface area contributed by atoms with Crippen molar-refractivity contribution in [1.29, 1.82) is 0 Å². The van der Waals surface area contributed by atoms with E-state index in [1.807, 2.05) is 24.3 Å². The fraction of sp³-hybridized carbons (Fsp3) is 0.167. The van der Waals surface area contributed by atoms with Gasteiger partial charge in [0.1, 0.15) is 16.5 Å². The Morgan fingerprint density at radius 3 is 1.54 bits per heavy atom. The topological polar surface area (TPSA) is 55.8 Å². The van der Waals surface area contributed by atoms with Gasteiger partial charge in [0, 0.05) is 5.92 Å². The normalized spacial score (nSPS) is 11.9. The number of carboxylic acid groups (broad SMARTS) is 1. The Morgan fingerprint density at radius 1 is 0.875 bits per heavy atom. The van der Waals surface area contributed by atoms with E-state index in [-0.39, 0.29) is 5.03 Å². The van der Waals surface area contributed by atoms with Gasteiger partial charge in [-0.1, -0.05) is 47.5 Å². The van der Waals surface area contributed by atoms with Crippen molar-refractivity contribution in [3.63, 3.8) is 0 Å². The van der Waals surface area contributed by atoms with E-state index in [0.717, 1.165) is 11.1 Å². The van der Waals surface area contributed by atoms with Crippen LogP contribution in [0.3, 0.4) is 0 Å². The fourth-order valence-electron chi connectivity index (χ4n) is 2.31. The van der Waals surface area contributed by atoms with Gasteiger partial charge in [0.25, 0.3) is 0 Å². The molecule has 0 aliphatic carbocycles. The van der Waals surface area contributed by atoms with Crippen molar-refractivity contribution < 1.29 is 19.4 Å². The number of halogens is 2. The first-order valence-corrected chi connectivity index (χ1v) is 7.80. The number of allylic oxidation sites excluding steroid dienone is 1. The van der Waals surface area contributed by atoms with Gasteiger partial charge in [-0.05, 0) is 35.4 Å². The lowest BCUT2D eigenvalue weighted by Gasteiger charge is -2.19. The van der Waals surface area contributed by atoms with Crippen LogP contribution >= 0.6 is 23.2 Å². The summed E-state index contributed by atoms with van der Waals surface area (Å²) in [4.78, 5) is 11.2. The molecule has 0 bridgehead atoms. The van der Waals surface area contributed by atoms with Gasteiger partial charge >= 0.3 is 5.97 Å². The summed E-state index contributed by atoms with van der Waals surface area (Å²) in [5.41, 5.74) is 1.59. The summed E-state index contributed by atoms with van der Waals surface area (Å²) in [6.45, 7) is 0. The highest BCUT2D eigenvalue weighted by molar-refractivity contribution is 6.47. The minimum atomic E-state index is -1.27. The molecule has 0 saturated heterocycles. The first-order chi connectivity index (χ1) is 11.5. The quantitative estimate of drug-likeness (QED) is 0.758. The molecular formula is C18H16Cl2O4. The minimum Gasteiger partial charge on any atom is -0.497 e. The minimum absolute atomic E-state index is 0.0412. The molecule has 2 aromatic rings. The Bertz CT molecular complexity index is 689. The van der Waals surface area contributed by atoms with Crippen LogP contribution in [-0.4, -0.2) is 25.3 Å². The van der Waals surface area contributed by atoms with E-state index in [9.17, 15) is 4.79 Å². The Morgan fingerprint density at radius 2 is 1.25 bits per heavy atom. The van der Waals surface area contributed by atoms with Crippen molar-refractivity contribution in [2.45, 2.75) is 5.92 Å². The van der Waals surface area contributed by atoms with Crippen molar-refractivity contribution in [1.82, 2.24) is 0 Å². The van der Waals surface area contributed by atoms with Gasteiger partial charge in [0.15, 0.2) is 0 Å². The van der Waals surface area contributed by atoms with E-state index in [1.54, 1.807) is 38.5 Å². The third-order valence-corrected chi connectivity index (χ3v) is 4.42. The highest BCUT2D eigenvalue weighted by atomic mass is 35.5. The van der Waals surface area contributed by atoms with Gasteiger partial charge in [0.2, 0.25) is 0 Å². The number of aliphatic carboxylic acids is 1.